The molecule has 1 heterocycles. The number of halogens is 1. The lowest BCUT2D eigenvalue weighted by atomic mass is 10.0. The molecule has 0 fully saturated rings. The SMILES string of the molecule is Cc1nc(C(=O)N[C@H](C)/C=C/S(C)(=O)=O)ncc1O[C@@H](C)c1cccc(F)c1C. The van der Waals surface area contributed by atoms with Crippen LogP contribution in [-0.4, -0.2) is 36.6 Å². The van der Waals surface area contributed by atoms with Crippen LogP contribution >= 0.6 is 0 Å². The first-order valence-electron chi connectivity index (χ1n) is 8.92. The molecule has 2 rings (SSSR count). The number of carbonyl (C=O) groups is 1. The van der Waals surface area contributed by atoms with Gasteiger partial charge in [-0.1, -0.05) is 18.2 Å². The highest BCUT2D eigenvalue weighted by atomic mass is 32.2. The summed E-state index contributed by atoms with van der Waals surface area (Å²) in [5, 5.41) is 3.62. The topological polar surface area (TPSA) is 98.2 Å². The number of amides is 1. The van der Waals surface area contributed by atoms with Crippen LogP contribution in [-0.2, 0) is 9.84 Å². The molecule has 9 heteroatoms. The van der Waals surface area contributed by atoms with E-state index in [-0.39, 0.29) is 11.6 Å². The molecule has 1 amide bonds. The van der Waals surface area contributed by atoms with Gasteiger partial charge in [-0.05, 0) is 44.9 Å². The van der Waals surface area contributed by atoms with Gasteiger partial charge < -0.3 is 10.1 Å². The number of benzene rings is 1. The van der Waals surface area contributed by atoms with Crippen LogP contribution in [0.3, 0.4) is 0 Å². The van der Waals surface area contributed by atoms with Gasteiger partial charge in [0.2, 0.25) is 5.82 Å². The Morgan fingerprint density at radius 1 is 1.28 bits per heavy atom. The fraction of sp³-hybridized carbons (Fsp3) is 0.350. The first kappa shape index (κ1) is 22.5. The summed E-state index contributed by atoms with van der Waals surface area (Å²) in [5.41, 5.74) is 1.66. The molecular formula is C20H24FN3O4S. The van der Waals surface area contributed by atoms with E-state index in [4.69, 9.17) is 4.74 Å². The molecule has 0 aliphatic rings. The van der Waals surface area contributed by atoms with Gasteiger partial charge in [0.1, 0.15) is 11.9 Å². The van der Waals surface area contributed by atoms with E-state index in [9.17, 15) is 17.6 Å². The van der Waals surface area contributed by atoms with Crippen molar-refractivity contribution in [3.05, 3.63) is 64.3 Å². The highest BCUT2D eigenvalue weighted by molar-refractivity contribution is 7.93. The van der Waals surface area contributed by atoms with E-state index < -0.39 is 27.9 Å². The minimum absolute atomic E-state index is 0.0657. The predicted molar refractivity (Wildman–Crippen MR) is 108 cm³/mol. The summed E-state index contributed by atoms with van der Waals surface area (Å²) >= 11 is 0. The lowest BCUT2D eigenvalue weighted by Gasteiger charge is -2.18. The van der Waals surface area contributed by atoms with Crippen LogP contribution in [0.1, 0.15) is 47.4 Å². The number of sulfone groups is 1. The van der Waals surface area contributed by atoms with Crippen LogP contribution in [0.15, 0.2) is 35.9 Å². The fourth-order valence-electron chi connectivity index (χ4n) is 2.58. The lowest BCUT2D eigenvalue weighted by Crippen LogP contribution is -2.32. The maximum atomic E-state index is 13.8. The highest BCUT2D eigenvalue weighted by Gasteiger charge is 2.17. The Labute approximate surface area is 170 Å². The molecule has 29 heavy (non-hydrogen) atoms. The molecule has 156 valence electrons. The Morgan fingerprint density at radius 3 is 2.59 bits per heavy atom. The summed E-state index contributed by atoms with van der Waals surface area (Å²) in [6, 6.07) is 4.27. The first-order chi connectivity index (χ1) is 13.5. The van der Waals surface area contributed by atoms with Crippen molar-refractivity contribution in [3.8, 4) is 5.75 Å². The molecule has 1 aromatic carbocycles. The Hall–Kier alpha value is -2.81. The zero-order valence-corrected chi connectivity index (χ0v) is 17.7. The summed E-state index contributed by atoms with van der Waals surface area (Å²) in [6.07, 6.45) is 3.38. The van der Waals surface area contributed by atoms with E-state index in [1.165, 1.54) is 18.3 Å². The molecule has 0 spiro atoms. The van der Waals surface area contributed by atoms with Crippen molar-refractivity contribution in [1.82, 2.24) is 15.3 Å². The second-order valence-electron chi connectivity index (χ2n) is 6.78. The van der Waals surface area contributed by atoms with Crippen molar-refractivity contribution in [3.63, 3.8) is 0 Å². The third-order valence-corrected chi connectivity index (χ3v) is 4.81. The van der Waals surface area contributed by atoms with Crippen LogP contribution in [0.25, 0.3) is 0 Å². The first-order valence-corrected chi connectivity index (χ1v) is 10.9. The standard InChI is InChI=1S/C20H24FN3O4S/c1-12(9-10-29(5,26)27)23-20(25)19-22-11-18(14(3)24-19)28-15(4)16-7-6-8-17(21)13(16)2/h6-12,15H,1-5H3,(H,23,25)/b10-9+/t12-,15+/m1/s1. The van der Waals surface area contributed by atoms with Crippen LogP contribution in [0.5, 0.6) is 5.75 Å². The summed E-state index contributed by atoms with van der Waals surface area (Å²) in [4.78, 5) is 20.4. The molecule has 2 atom stereocenters. The van der Waals surface area contributed by atoms with E-state index in [2.05, 4.69) is 15.3 Å². The molecule has 7 nitrogen and oxygen atoms in total. The van der Waals surface area contributed by atoms with Gasteiger partial charge in [-0.15, -0.1) is 0 Å². The third kappa shape index (κ3) is 6.35. The van der Waals surface area contributed by atoms with Gasteiger partial charge in [0, 0.05) is 17.7 Å². The minimum Gasteiger partial charge on any atom is -0.482 e. The van der Waals surface area contributed by atoms with E-state index in [0.29, 0.717) is 22.6 Å². The molecule has 0 saturated heterocycles. The van der Waals surface area contributed by atoms with Gasteiger partial charge in [0.25, 0.3) is 5.91 Å². The van der Waals surface area contributed by atoms with Crippen molar-refractivity contribution in [2.45, 2.75) is 39.8 Å². The second-order valence-corrected chi connectivity index (χ2v) is 8.71. The van der Waals surface area contributed by atoms with Gasteiger partial charge in [-0.25, -0.2) is 22.8 Å². The molecular weight excluding hydrogens is 397 g/mol. The molecule has 1 aromatic heterocycles. The van der Waals surface area contributed by atoms with Crippen LogP contribution in [0.2, 0.25) is 0 Å². The van der Waals surface area contributed by atoms with E-state index in [1.54, 1.807) is 39.8 Å². The number of hydrogen-bond donors (Lipinski definition) is 1. The number of nitrogens with zero attached hydrogens (tertiary/aromatic N) is 2. The molecule has 0 aliphatic heterocycles. The van der Waals surface area contributed by atoms with Crippen LogP contribution in [0.4, 0.5) is 4.39 Å². The Balaban J connectivity index is 2.10. The molecule has 0 bridgehead atoms. The van der Waals surface area contributed by atoms with Crippen LogP contribution in [0, 0.1) is 19.7 Å². The Morgan fingerprint density at radius 2 is 1.97 bits per heavy atom. The molecule has 0 radical (unpaired) electrons. The van der Waals surface area contributed by atoms with Crippen molar-refractivity contribution in [1.29, 1.82) is 0 Å². The maximum Gasteiger partial charge on any atom is 0.289 e. The minimum atomic E-state index is -3.28. The van der Waals surface area contributed by atoms with Gasteiger partial charge in [0.15, 0.2) is 15.6 Å². The number of ether oxygens (including phenoxy) is 1. The normalized spacial score (nSPS) is 13.9. The highest BCUT2D eigenvalue weighted by Crippen LogP contribution is 2.26. The molecule has 0 aliphatic carbocycles. The number of aryl methyl sites for hydroxylation is 1. The summed E-state index contributed by atoms with van der Waals surface area (Å²) < 4.78 is 41.9. The summed E-state index contributed by atoms with van der Waals surface area (Å²) in [5.74, 6) is -0.539. The van der Waals surface area contributed by atoms with E-state index in [0.717, 1.165) is 11.7 Å². The van der Waals surface area contributed by atoms with Gasteiger partial charge >= 0.3 is 0 Å². The summed E-state index contributed by atoms with van der Waals surface area (Å²) in [7, 11) is -3.28. The van der Waals surface area contributed by atoms with Gasteiger partial charge in [-0.2, -0.15) is 0 Å². The Bertz CT molecular complexity index is 1040. The van der Waals surface area contributed by atoms with E-state index >= 15 is 0 Å². The zero-order valence-electron chi connectivity index (χ0n) is 16.9. The third-order valence-electron chi connectivity index (χ3n) is 4.16. The second kappa shape index (κ2) is 9.13. The molecule has 0 unspecified atom stereocenters. The predicted octanol–water partition coefficient (Wildman–Crippen LogP) is 3.05. The fourth-order valence-corrected chi connectivity index (χ4v) is 3.10. The number of nitrogens with one attached hydrogen (secondary N) is 1. The van der Waals surface area contributed by atoms with Crippen molar-refractivity contribution in [2.75, 3.05) is 6.26 Å². The lowest BCUT2D eigenvalue weighted by molar-refractivity contribution is 0.0935. The van der Waals surface area contributed by atoms with Gasteiger partial charge in [-0.3, -0.25) is 4.79 Å². The Kier molecular flexibility index (Phi) is 7.07. The summed E-state index contributed by atoms with van der Waals surface area (Å²) in [6.45, 7) is 6.77. The van der Waals surface area contributed by atoms with Crippen LogP contribution < -0.4 is 10.1 Å². The van der Waals surface area contributed by atoms with E-state index in [1.807, 2.05) is 0 Å². The monoisotopic (exact) mass is 421 g/mol. The molecule has 1 N–H and O–H groups in total. The quantitative estimate of drug-likeness (QED) is 0.738. The molecule has 2 aromatic rings. The average molecular weight is 421 g/mol. The average Bonchev–Trinajstić information content (AvgIpc) is 2.63. The maximum absolute atomic E-state index is 13.8. The number of hydrogen-bond acceptors (Lipinski definition) is 6. The molecule has 0 saturated carbocycles. The van der Waals surface area contributed by atoms with Crippen molar-refractivity contribution < 1.29 is 22.3 Å². The largest absolute Gasteiger partial charge is 0.482 e. The zero-order chi connectivity index (χ0) is 21.8. The van der Waals surface area contributed by atoms with Crippen molar-refractivity contribution >= 4 is 15.7 Å². The number of carbonyl (C=O) groups excluding carboxylic acids is 1. The smallest absolute Gasteiger partial charge is 0.289 e. The number of aromatic nitrogens is 2. The van der Waals surface area contributed by atoms with Crippen molar-refractivity contribution in [2.24, 2.45) is 0 Å². The van der Waals surface area contributed by atoms with Gasteiger partial charge in [0.05, 0.1) is 11.9 Å². The number of rotatable bonds is 7.